The van der Waals surface area contributed by atoms with E-state index in [1.165, 1.54) is 0 Å². The Balaban J connectivity index is 2.91. The van der Waals surface area contributed by atoms with Gasteiger partial charge in [0.15, 0.2) is 0 Å². The summed E-state index contributed by atoms with van der Waals surface area (Å²) in [5.74, 6) is 0. The van der Waals surface area contributed by atoms with E-state index in [2.05, 4.69) is 36.7 Å². The van der Waals surface area contributed by atoms with Crippen molar-refractivity contribution in [2.24, 2.45) is 0 Å². The van der Waals surface area contributed by atoms with Crippen LogP contribution < -0.4 is 5.32 Å². The van der Waals surface area contributed by atoms with Gasteiger partial charge in [0.25, 0.3) is 0 Å². The molecule has 0 atom stereocenters. The van der Waals surface area contributed by atoms with Crippen LogP contribution in [0.1, 0.15) is 0 Å². The first-order valence-corrected chi connectivity index (χ1v) is 3.30. The molecule has 4 heteroatoms. The van der Waals surface area contributed by atoms with E-state index >= 15 is 0 Å². The standard InChI is InChI=1S/C5H9NOS2/c1-2-3-6-4-7-5(8)9/h2,6H,1,3-4H2,(H,8,9). The van der Waals surface area contributed by atoms with Crippen molar-refractivity contribution >= 4 is 29.2 Å². The summed E-state index contributed by atoms with van der Waals surface area (Å²) in [6, 6.07) is 0. The minimum absolute atomic E-state index is 0.256. The summed E-state index contributed by atoms with van der Waals surface area (Å²) >= 11 is 8.26. The van der Waals surface area contributed by atoms with Crippen LogP contribution in [0, 0.1) is 0 Å². The third kappa shape index (κ3) is 7.94. The van der Waals surface area contributed by atoms with Gasteiger partial charge in [-0.2, -0.15) is 0 Å². The highest BCUT2D eigenvalue weighted by molar-refractivity contribution is 8.10. The van der Waals surface area contributed by atoms with E-state index in [4.69, 9.17) is 4.74 Å². The van der Waals surface area contributed by atoms with Crippen molar-refractivity contribution in [1.29, 1.82) is 0 Å². The summed E-state index contributed by atoms with van der Waals surface area (Å²) in [5, 5.41) is 2.89. The maximum atomic E-state index is 4.78. The molecule has 0 aromatic rings. The van der Waals surface area contributed by atoms with Crippen LogP contribution in [-0.2, 0) is 4.74 Å². The number of thiol groups is 1. The lowest BCUT2D eigenvalue weighted by atomic mass is 10.6. The SMILES string of the molecule is C=CCNCOC(=S)S. The third-order valence-corrected chi connectivity index (χ3v) is 0.833. The van der Waals surface area contributed by atoms with Gasteiger partial charge in [-0.3, -0.25) is 5.32 Å². The van der Waals surface area contributed by atoms with E-state index in [1.54, 1.807) is 6.08 Å². The zero-order valence-corrected chi connectivity index (χ0v) is 6.67. The topological polar surface area (TPSA) is 21.3 Å². The lowest BCUT2D eigenvalue weighted by Crippen LogP contribution is -2.18. The minimum atomic E-state index is 0.256. The maximum absolute atomic E-state index is 4.78. The number of ether oxygens (including phenoxy) is 1. The molecule has 0 aromatic heterocycles. The van der Waals surface area contributed by atoms with Gasteiger partial charge in [-0.15, -0.1) is 6.58 Å². The van der Waals surface area contributed by atoms with Crippen LogP contribution in [0.25, 0.3) is 0 Å². The average Bonchev–Trinajstić information content (AvgIpc) is 1.80. The molecule has 0 heterocycles. The average molecular weight is 163 g/mol. The number of hydrogen-bond acceptors (Lipinski definition) is 3. The second-order valence-corrected chi connectivity index (χ2v) is 2.38. The Labute approximate surface area is 65.7 Å². The van der Waals surface area contributed by atoms with E-state index in [1.807, 2.05) is 0 Å². The Hall–Kier alpha value is -0.0600. The predicted molar refractivity (Wildman–Crippen MR) is 45.7 cm³/mol. The summed E-state index contributed by atoms with van der Waals surface area (Å²) < 4.78 is 5.04. The molecule has 0 aliphatic heterocycles. The van der Waals surface area contributed by atoms with Crippen molar-refractivity contribution in [2.45, 2.75) is 0 Å². The Morgan fingerprint density at radius 1 is 1.89 bits per heavy atom. The van der Waals surface area contributed by atoms with Gasteiger partial charge >= 0.3 is 0 Å². The highest BCUT2D eigenvalue weighted by atomic mass is 32.1. The molecule has 1 N–H and O–H groups in total. The molecule has 0 amide bonds. The van der Waals surface area contributed by atoms with E-state index in [0.29, 0.717) is 6.73 Å². The molecular formula is C5H9NOS2. The first-order valence-electron chi connectivity index (χ1n) is 2.44. The smallest absolute Gasteiger partial charge is 0.218 e. The molecule has 2 nitrogen and oxygen atoms in total. The molecule has 0 radical (unpaired) electrons. The van der Waals surface area contributed by atoms with Crippen LogP contribution in [0.4, 0.5) is 0 Å². The highest BCUT2D eigenvalue weighted by Gasteiger charge is 1.84. The van der Waals surface area contributed by atoms with Crippen LogP contribution in [0.2, 0.25) is 0 Å². The van der Waals surface area contributed by atoms with Crippen molar-refractivity contribution in [3.8, 4) is 0 Å². The number of hydrogen-bond donors (Lipinski definition) is 2. The number of nitrogens with one attached hydrogen (secondary N) is 1. The van der Waals surface area contributed by atoms with Crippen LogP contribution in [0.15, 0.2) is 12.7 Å². The lowest BCUT2D eigenvalue weighted by Gasteiger charge is -2.01. The molecule has 0 rings (SSSR count). The van der Waals surface area contributed by atoms with E-state index in [0.717, 1.165) is 6.54 Å². The van der Waals surface area contributed by atoms with Gasteiger partial charge in [0.05, 0.1) is 0 Å². The fourth-order valence-electron chi connectivity index (χ4n) is 0.274. The minimum Gasteiger partial charge on any atom is -0.463 e. The molecule has 0 fully saturated rings. The van der Waals surface area contributed by atoms with E-state index in [9.17, 15) is 0 Å². The first-order chi connectivity index (χ1) is 4.27. The predicted octanol–water partition coefficient (Wildman–Crippen LogP) is 0.951. The van der Waals surface area contributed by atoms with Gasteiger partial charge in [-0.25, -0.2) is 0 Å². The maximum Gasteiger partial charge on any atom is 0.218 e. The molecule has 0 saturated heterocycles. The van der Waals surface area contributed by atoms with E-state index < -0.39 is 0 Å². The Kier molecular flexibility index (Phi) is 6.03. The molecule has 0 aliphatic carbocycles. The van der Waals surface area contributed by atoms with Crippen molar-refractivity contribution in [3.05, 3.63) is 12.7 Å². The van der Waals surface area contributed by atoms with Crippen LogP contribution >= 0.6 is 24.8 Å². The van der Waals surface area contributed by atoms with Crippen LogP contribution in [0.5, 0.6) is 0 Å². The van der Waals surface area contributed by atoms with Gasteiger partial charge in [0, 0.05) is 6.54 Å². The molecule has 0 saturated carbocycles. The summed E-state index contributed by atoms with van der Waals surface area (Å²) in [6.45, 7) is 4.62. The second-order valence-electron chi connectivity index (χ2n) is 1.30. The fraction of sp³-hybridized carbons (Fsp3) is 0.400. The highest BCUT2D eigenvalue weighted by Crippen LogP contribution is 1.83. The van der Waals surface area contributed by atoms with Gasteiger partial charge in [0.2, 0.25) is 4.38 Å². The van der Waals surface area contributed by atoms with E-state index in [-0.39, 0.29) is 4.38 Å². The molecule has 0 bridgehead atoms. The second kappa shape index (κ2) is 6.07. The summed E-state index contributed by atoms with van der Waals surface area (Å²) in [4.78, 5) is 0. The normalized spacial score (nSPS) is 8.56. The zero-order chi connectivity index (χ0) is 7.11. The van der Waals surface area contributed by atoms with Crippen molar-refractivity contribution in [1.82, 2.24) is 5.32 Å². The Bertz CT molecular complexity index is 105. The van der Waals surface area contributed by atoms with Crippen molar-refractivity contribution < 1.29 is 4.74 Å². The third-order valence-electron chi connectivity index (χ3n) is 0.586. The quantitative estimate of drug-likeness (QED) is 0.212. The summed E-state index contributed by atoms with van der Waals surface area (Å²) in [7, 11) is 0. The molecular weight excluding hydrogens is 154 g/mol. The number of thiocarbonyl (C=S) groups is 1. The number of rotatable bonds is 4. The molecule has 0 aromatic carbocycles. The van der Waals surface area contributed by atoms with Crippen molar-refractivity contribution in [2.75, 3.05) is 13.3 Å². The van der Waals surface area contributed by atoms with Gasteiger partial charge < -0.3 is 4.74 Å². The van der Waals surface area contributed by atoms with Crippen LogP contribution in [-0.4, -0.2) is 17.7 Å². The Morgan fingerprint density at radius 2 is 2.56 bits per heavy atom. The molecule has 52 valence electrons. The first kappa shape index (κ1) is 8.94. The molecule has 9 heavy (non-hydrogen) atoms. The largest absolute Gasteiger partial charge is 0.463 e. The van der Waals surface area contributed by atoms with Crippen LogP contribution in [0.3, 0.4) is 0 Å². The molecule has 0 unspecified atom stereocenters. The van der Waals surface area contributed by atoms with Crippen molar-refractivity contribution in [3.63, 3.8) is 0 Å². The monoisotopic (exact) mass is 163 g/mol. The molecule has 0 aliphatic rings. The summed E-state index contributed by atoms with van der Waals surface area (Å²) in [5.41, 5.74) is 0. The molecule has 0 spiro atoms. The summed E-state index contributed by atoms with van der Waals surface area (Å²) in [6.07, 6.45) is 1.74. The zero-order valence-electron chi connectivity index (χ0n) is 4.96. The van der Waals surface area contributed by atoms with Gasteiger partial charge in [-0.1, -0.05) is 18.7 Å². The fourth-order valence-corrected chi connectivity index (χ4v) is 0.397. The van der Waals surface area contributed by atoms with Gasteiger partial charge in [-0.05, 0) is 12.2 Å². The lowest BCUT2D eigenvalue weighted by molar-refractivity contribution is 0.293. The Morgan fingerprint density at radius 3 is 3.00 bits per heavy atom. The van der Waals surface area contributed by atoms with Gasteiger partial charge in [0.1, 0.15) is 6.73 Å².